The van der Waals surface area contributed by atoms with Gasteiger partial charge in [-0.3, -0.25) is 9.10 Å². The van der Waals surface area contributed by atoms with Gasteiger partial charge in [-0.15, -0.1) is 0 Å². The Morgan fingerprint density at radius 1 is 1.26 bits per heavy atom. The molecule has 0 bridgehead atoms. The van der Waals surface area contributed by atoms with E-state index < -0.39 is 16.1 Å². The number of rotatable bonds is 8. The maximum absolute atomic E-state index is 12.7. The van der Waals surface area contributed by atoms with Gasteiger partial charge >= 0.3 is 0 Å². The van der Waals surface area contributed by atoms with Gasteiger partial charge < -0.3 is 14.8 Å². The van der Waals surface area contributed by atoms with Crippen LogP contribution < -0.4 is 19.1 Å². The van der Waals surface area contributed by atoms with Crippen molar-refractivity contribution in [1.82, 2.24) is 5.32 Å². The summed E-state index contributed by atoms with van der Waals surface area (Å²) >= 11 is 0. The molecule has 168 valence electrons. The van der Waals surface area contributed by atoms with Crippen molar-refractivity contribution in [2.75, 3.05) is 23.7 Å². The first-order chi connectivity index (χ1) is 14.6. The fraction of sp³-hybridized carbons (Fsp3) is 0.435. The number of carbonyl (C=O) groups is 1. The zero-order valence-corrected chi connectivity index (χ0v) is 19.2. The van der Waals surface area contributed by atoms with Gasteiger partial charge in [-0.1, -0.05) is 18.2 Å². The number of sulfonamides is 1. The highest BCUT2D eigenvalue weighted by atomic mass is 32.2. The summed E-state index contributed by atoms with van der Waals surface area (Å²) in [5.41, 5.74) is 2.52. The van der Waals surface area contributed by atoms with Crippen molar-refractivity contribution in [2.45, 2.75) is 45.8 Å². The molecule has 1 N–H and O–H groups in total. The molecule has 1 amide bonds. The second-order valence-electron chi connectivity index (χ2n) is 8.08. The summed E-state index contributed by atoms with van der Waals surface area (Å²) < 4.78 is 37.3. The maximum atomic E-state index is 12.7. The zero-order chi connectivity index (χ0) is 22.6. The predicted molar refractivity (Wildman–Crippen MR) is 121 cm³/mol. The number of amides is 1. The van der Waals surface area contributed by atoms with Crippen molar-refractivity contribution in [2.24, 2.45) is 0 Å². The Morgan fingerprint density at radius 2 is 2.03 bits per heavy atom. The largest absolute Gasteiger partial charge is 0.491 e. The van der Waals surface area contributed by atoms with Gasteiger partial charge in [0.15, 0.2) is 6.10 Å². The normalized spacial score (nSPS) is 15.9. The van der Waals surface area contributed by atoms with Crippen molar-refractivity contribution in [1.29, 1.82) is 0 Å². The van der Waals surface area contributed by atoms with Crippen LogP contribution in [-0.4, -0.2) is 45.9 Å². The van der Waals surface area contributed by atoms with E-state index in [1.54, 1.807) is 12.1 Å². The minimum atomic E-state index is -3.54. The van der Waals surface area contributed by atoms with E-state index in [2.05, 4.69) is 5.32 Å². The maximum Gasteiger partial charge on any atom is 0.263 e. The van der Waals surface area contributed by atoms with E-state index in [4.69, 9.17) is 9.47 Å². The molecule has 0 aromatic heterocycles. The highest BCUT2D eigenvalue weighted by Gasteiger charge is 2.34. The van der Waals surface area contributed by atoms with E-state index in [-0.39, 0.29) is 18.6 Å². The number of ether oxygens (including phenoxy) is 2. The van der Waals surface area contributed by atoms with Crippen LogP contribution in [0.4, 0.5) is 5.69 Å². The topological polar surface area (TPSA) is 84.9 Å². The minimum absolute atomic E-state index is 0.0459. The molecule has 3 rings (SSSR count). The lowest BCUT2D eigenvalue weighted by Gasteiger charge is -2.34. The monoisotopic (exact) mass is 446 g/mol. The number of carbonyl (C=O) groups excluding carboxylic acids is 1. The van der Waals surface area contributed by atoms with Gasteiger partial charge in [0, 0.05) is 6.54 Å². The summed E-state index contributed by atoms with van der Waals surface area (Å²) in [5.74, 6) is 0.906. The van der Waals surface area contributed by atoms with E-state index in [1.165, 1.54) is 4.31 Å². The van der Waals surface area contributed by atoms with E-state index in [0.717, 1.165) is 36.0 Å². The lowest BCUT2D eigenvalue weighted by Crippen LogP contribution is -2.50. The number of nitrogens with zero attached hydrogens (tertiary/aromatic N) is 1. The van der Waals surface area contributed by atoms with Crippen LogP contribution in [0.15, 0.2) is 42.5 Å². The molecule has 8 heteroatoms. The highest BCUT2D eigenvalue weighted by Crippen LogP contribution is 2.35. The third kappa shape index (κ3) is 6.13. The van der Waals surface area contributed by atoms with Crippen molar-refractivity contribution in [3.05, 3.63) is 53.6 Å². The van der Waals surface area contributed by atoms with Gasteiger partial charge in [-0.05, 0) is 69.0 Å². The van der Waals surface area contributed by atoms with E-state index in [9.17, 15) is 13.2 Å². The van der Waals surface area contributed by atoms with Crippen LogP contribution in [0.1, 0.15) is 31.4 Å². The molecule has 0 radical (unpaired) electrons. The van der Waals surface area contributed by atoms with Crippen molar-refractivity contribution in [3.63, 3.8) is 0 Å². The molecule has 1 unspecified atom stereocenters. The molecule has 0 saturated carbocycles. The fourth-order valence-corrected chi connectivity index (χ4v) is 4.38. The summed E-state index contributed by atoms with van der Waals surface area (Å²) in [5, 5.41) is 2.87. The van der Waals surface area contributed by atoms with Gasteiger partial charge in [0.05, 0.1) is 24.6 Å². The summed E-state index contributed by atoms with van der Waals surface area (Å²) in [7, 11) is -3.54. The molecule has 2 aromatic rings. The van der Waals surface area contributed by atoms with Crippen molar-refractivity contribution in [3.8, 4) is 11.5 Å². The van der Waals surface area contributed by atoms with E-state index in [1.807, 2.05) is 51.1 Å². The Kier molecular flexibility index (Phi) is 7.10. The van der Waals surface area contributed by atoms with E-state index >= 15 is 0 Å². The Labute approximate surface area is 184 Å². The van der Waals surface area contributed by atoms with Gasteiger partial charge in [0.1, 0.15) is 11.5 Å². The molecule has 0 saturated heterocycles. The van der Waals surface area contributed by atoms with Crippen LogP contribution in [0.2, 0.25) is 0 Å². The van der Waals surface area contributed by atoms with Crippen molar-refractivity contribution < 1.29 is 22.7 Å². The van der Waals surface area contributed by atoms with Crippen LogP contribution in [0.3, 0.4) is 0 Å². The smallest absolute Gasteiger partial charge is 0.263 e. The predicted octanol–water partition coefficient (Wildman–Crippen LogP) is 3.06. The summed E-state index contributed by atoms with van der Waals surface area (Å²) in [6, 6.07) is 13.2. The van der Waals surface area contributed by atoms with Crippen molar-refractivity contribution >= 4 is 21.6 Å². The first kappa shape index (κ1) is 22.9. The number of hydrogen-bond acceptors (Lipinski definition) is 5. The summed E-state index contributed by atoms with van der Waals surface area (Å²) in [6.45, 7) is 6.27. The molecule has 0 fully saturated rings. The molecular formula is C23H30N2O5S. The standard InChI is InChI=1S/C23H30N2O5S/c1-16(2)29-19-9-5-7-18(14-19)8-6-12-24-23(26)22-15-25(31(4,27)28)20-13-17(3)10-11-21(20)30-22/h5,7,9-11,13-14,16,22H,6,8,12,15H2,1-4H3,(H,24,26). The Bertz CT molecular complexity index is 1040. The number of hydrogen-bond donors (Lipinski definition) is 1. The first-order valence-electron chi connectivity index (χ1n) is 10.4. The number of fused-ring (bicyclic) bond motifs is 1. The SMILES string of the molecule is Cc1ccc2c(c1)N(S(C)(=O)=O)CC(C(=O)NCCCc1cccc(OC(C)C)c1)O2. The van der Waals surface area contributed by atoms with Crippen LogP contribution in [0, 0.1) is 6.92 Å². The lowest BCUT2D eigenvalue weighted by atomic mass is 10.1. The quantitative estimate of drug-likeness (QED) is 0.630. The molecule has 7 nitrogen and oxygen atoms in total. The van der Waals surface area contributed by atoms with Gasteiger partial charge in [-0.25, -0.2) is 8.42 Å². The summed E-state index contributed by atoms with van der Waals surface area (Å²) in [4.78, 5) is 12.7. The van der Waals surface area contributed by atoms with E-state index in [0.29, 0.717) is 18.0 Å². The number of aryl methyl sites for hydroxylation is 2. The second-order valence-corrected chi connectivity index (χ2v) is 9.99. The third-order valence-electron chi connectivity index (χ3n) is 4.89. The van der Waals surface area contributed by atoms with Gasteiger partial charge in [0.25, 0.3) is 5.91 Å². The molecule has 1 aliphatic heterocycles. The number of benzene rings is 2. The Hall–Kier alpha value is -2.74. The Morgan fingerprint density at radius 3 is 2.74 bits per heavy atom. The zero-order valence-electron chi connectivity index (χ0n) is 18.4. The minimum Gasteiger partial charge on any atom is -0.491 e. The van der Waals surface area contributed by atoms with Crippen LogP contribution in [0.25, 0.3) is 0 Å². The van der Waals surface area contributed by atoms with Crippen LogP contribution in [0.5, 0.6) is 11.5 Å². The second kappa shape index (κ2) is 9.60. The molecule has 1 atom stereocenters. The van der Waals surface area contributed by atoms with Gasteiger partial charge in [0.2, 0.25) is 10.0 Å². The molecule has 0 aliphatic carbocycles. The van der Waals surface area contributed by atoms with Gasteiger partial charge in [-0.2, -0.15) is 0 Å². The highest BCUT2D eigenvalue weighted by molar-refractivity contribution is 7.92. The third-order valence-corrected chi connectivity index (χ3v) is 6.03. The molecule has 2 aromatic carbocycles. The average molecular weight is 447 g/mol. The Balaban J connectivity index is 1.57. The van der Waals surface area contributed by atoms with Crippen LogP contribution >= 0.6 is 0 Å². The molecule has 1 heterocycles. The molecule has 1 aliphatic rings. The van der Waals surface area contributed by atoms with Crippen LogP contribution in [-0.2, 0) is 21.2 Å². The molecule has 31 heavy (non-hydrogen) atoms. The molecular weight excluding hydrogens is 416 g/mol. The fourth-order valence-electron chi connectivity index (χ4n) is 3.48. The summed E-state index contributed by atoms with van der Waals surface area (Å²) in [6.07, 6.45) is 1.89. The number of anilines is 1. The first-order valence-corrected chi connectivity index (χ1v) is 12.3. The number of nitrogens with one attached hydrogen (secondary N) is 1. The average Bonchev–Trinajstić information content (AvgIpc) is 2.69. The lowest BCUT2D eigenvalue weighted by molar-refractivity contribution is -0.127. The molecule has 0 spiro atoms.